The Labute approximate surface area is 304 Å². The van der Waals surface area contributed by atoms with Crippen LogP contribution in [0.15, 0.2) is 53.7 Å². The van der Waals surface area contributed by atoms with Gasteiger partial charge in [0.2, 0.25) is 17.7 Å². The summed E-state index contributed by atoms with van der Waals surface area (Å²) in [4.78, 5) is 60.6. The Morgan fingerprint density at radius 1 is 0.885 bits per heavy atom. The lowest BCUT2D eigenvalue weighted by Crippen LogP contribution is -2.56. The lowest BCUT2D eigenvalue weighted by molar-refractivity contribution is -0.141. The minimum atomic E-state index is -1.02. The molecule has 276 valence electrons. The fourth-order valence-corrected chi connectivity index (χ4v) is 7.30. The minimum absolute atomic E-state index is 0.00828. The standard InChI is InChI=1S/C39H49N7O6/c1-22(2)23(3)37(48)45-17-7-9-32(45)31-20-28(21-40-31)26-13-11-25(12-14-26)27-15-16-30-29(19-27)35(44-43-30)42-36(47)33-10-8-18-46(33)38(49)34(24(4)51-5)41-39(50)52-6/h11-16,19,21-24,32-34H,7-10,17-18,20H2,1-6H3,(H,41,50)(H2,42,43,44,47)/t23-,24+,32-,33-,34-/m0/s1. The number of alkyl carbamates (subject to hydrolysis) is 1. The largest absolute Gasteiger partial charge is 0.453 e. The molecule has 0 spiro atoms. The third-order valence-electron chi connectivity index (χ3n) is 10.9. The summed E-state index contributed by atoms with van der Waals surface area (Å²) in [7, 11) is 2.67. The summed E-state index contributed by atoms with van der Waals surface area (Å²) in [5.41, 5.74) is 6.00. The molecule has 0 aliphatic carbocycles. The third-order valence-corrected chi connectivity index (χ3v) is 10.9. The number of aliphatic imine (C=N–C) groups is 1. The number of nitrogens with one attached hydrogen (secondary N) is 3. The SMILES string of the molecule is COC(=O)N[C@H](C(=O)N1CCC[C@H]1C(=O)Nc1n[nH]c2ccc(-c3ccc(C4=CN=C([C@@H]5CCCN5C(=O)[C@@H](C)C(C)C)C4)cc3)cc12)[C@@H](C)OC. The molecule has 3 aromatic rings. The fourth-order valence-electron chi connectivity index (χ4n) is 7.30. The maximum atomic E-state index is 13.6. The maximum absolute atomic E-state index is 13.6. The zero-order valence-corrected chi connectivity index (χ0v) is 30.8. The summed E-state index contributed by atoms with van der Waals surface area (Å²) >= 11 is 0. The molecule has 5 atom stereocenters. The van der Waals surface area contributed by atoms with Crippen molar-refractivity contribution in [2.45, 2.75) is 84.0 Å². The van der Waals surface area contributed by atoms with Gasteiger partial charge in [0.1, 0.15) is 12.1 Å². The second-order valence-electron chi connectivity index (χ2n) is 14.3. The molecule has 3 N–H and O–H groups in total. The molecule has 4 amide bonds. The highest BCUT2D eigenvalue weighted by Gasteiger charge is 2.40. The van der Waals surface area contributed by atoms with Gasteiger partial charge in [0.25, 0.3) is 0 Å². The smallest absolute Gasteiger partial charge is 0.407 e. The zero-order chi connectivity index (χ0) is 37.1. The number of aromatic nitrogens is 2. The number of carbonyl (C=O) groups is 4. The lowest BCUT2D eigenvalue weighted by atomic mass is 9.94. The predicted molar refractivity (Wildman–Crippen MR) is 199 cm³/mol. The lowest BCUT2D eigenvalue weighted by Gasteiger charge is -2.30. The first kappa shape index (κ1) is 36.7. The molecule has 3 aliphatic heterocycles. The van der Waals surface area contributed by atoms with Gasteiger partial charge in [-0.15, -0.1) is 0 Å². The van der Waals surface area contributed by atoms with Crippen LogP contribution in [0.3, 0.4) is 0 Å². The van der Waals surface area contributed by atoms with E-state index in [9.17, 15) is 19.2 Å². The van der Waals surface area contributed by atoms with Crippen molar-refractivity contribution in [3.05, 3.63) is 54.2 Å². The number of amides is 4. The molecule has 0 bridgehead atoms. The molecule has 0 radical (unpaired) electrons. The highest BCUT2D eigenvalue weighted by Crippen LogP contribution is 2.33. The Kier molecular flexibility index (Phi) is 11.1. The first-order valence-corrected chi connectivity index (χ1v) is 18.1. The van der Waals surface area contributed by atoms with E-state index in [2.05, 4.69) is 58.9 Å². The summed E-state index contributed by atoms with van der Waals surface area (Å²) in [6.45, 7) is 9.05. The van der Waals surface area contributed by atoms with Crippen molar-refractivity contribution in [3.63, 3.8) is 0 Å². The van der Waals surface area contributed by atoms with Crippen molar-refractivity contribution >= 4 is 51.8 Å². The summed E-state index contributed by atoms with van der Waals surface area (Å²) in [5.74, 6) is 0.108. The van der Waals surface area contributed by atoms with E-state index in [0.29, 0.717) is 31.1 Å². The summed E-state index contributed by atoms with van der Waals surface area (Å²) in [5, 5.41) is 13.6. The van der Waals surface area contributed by atoms with Crippen LogP contribution in [0.4, 0.5) is 10.6 Å². The van der Waals surface area contributed by atoms with Crippen molar-refractivity contribution in [3.8, 4) is 11.1 Å². The number of methoxy groups -OCH3 is 2. The second kappa shape index (κ2) is 15.7. The van der Waals surface area contributed by atoms with Crippen LogP contribution in [0.1, 0.15) is 65.4 Å². The van der Waals surface area contributed by atoms with Gasteiger partial charge in [-0.2, -0.15) is 5.10 Å². The quantitative estimate of drug-likeness (QED) is 0.241. The van der Waals surface area contributed by atoms with E-state index in [1.807, 2.05) is 36.2 Å². The number of hydrogen-bond acceptors (Lipinski definition) is 8. The number of hydrogen-bond donors (Lipinski definition) is 3. The second-order valence-corrected chi connectivity index (χ2v) is 14.3. The Hall–Kier alpha value is -5.04. The number of carbonyl (C=O) groups excluding carboxylic acids is 4. The van der Waals surface area contributed by atoms with E-state index >= 15 is 0 Å². The van der Waals surface area contributed by atoms with Gasteiger partial charge >= 0.3 is 6.09 Å². The molecule has 0 unspecified atom stereocenters. The summed E-state index contributed by atoms with van der Waals surface area (Å²) in [6, 6.07) is 12.6. The first-order chi connectivity index (χ1) is 25.0. The molecule has 0 saturated carbocycles. The van der Waals surface area contributed by atoms with Crippen LogP contribution >= 0.6 is 0 Å². The predicted octanol–water partition coefficient (Wildman–Crippen LogP) is 5.39. The molecular formula is C39H49N7O6. The van der Waals surface area contributed by atoms with Crippen molar-refractivity contribution < 1.29 is 28.7 Å². The number of fused-ring (bicyclic) bond motifs is 1. The van der Waals surface area contributed by atoms with Gasteiger partial charge in [0, 0.05) is 49.8 Å². The Morgan fingerprint density at radius 2 is 1.58 bits per heavy atom. The molecule has 2 saturated heterocycles. The number of rotatable bonds is 11. The van der Waals surface area contributed by atoms with Gasteiger partial charge < -0.3 is 29.9 Å². The number of H-pyrrole nitrogens is 1. The molecule has 13 nitrogen and oxygen atoms in total. The monoisotopic (exact) mass is 711 g/mol. The van der Waals surface area contributed by atoms with E-state index in [-0.39, 0.29) is 23.8 Å². The number of benzene rings is 2. The summed E-state index contributed by atoms with van der Waals surface area (Å²) < 4.78 is 10.0. The molecule has 2 aromatic carbocycles. The average Bonchev–Trinajstić information content (AvgIpc) is 3.99. The third kappa shape index (κ3) is 7.45. The topological polar surface area (TPSA) is 158 Å². The van der Waals surface area contributed by atoms with Crippen LogP contribution < -0.4 is 10.6 Å². The molecule has 3 aliphatic rings. The molecule has 13 heteroatoms. The van der Waals surface area contributed by atoms with Crippen LogP contribution in [0.25, 0.3) is 27.6 Å². The van der Waals surface area contributed by atoms with E-state index in [1.54, 1.807) is 6.92 Å². The molecular weight excluding hydrogens is 662 g/mol. The Balaban J connectivity index is 1.12. The Bertz CT molecular complexity index is 1880. The molecule has 4 heterocycles. The number of nitrogens with zero attached hydrogens (tertiary/aromatic N) is 4. The first-order valence-electron chi connectivity index (χ1n) is 18.1. The van der Waals surface area contributed by atoms with Crippen molar-refractivity contribution in [2.24, 2.45) is 16.8 Å². The van der Waals surface area contributed by atoms with Gasteiger partial charge in [-0.05, 0) is 72.9 Å². The number of likely N-dealkylation sites (tertiary alicyclic amines) is 2. The van der Waals surface area contributed by atoms with E-state index in [4.69, 9.17) is 14.5 Å². The van der Waals surface area contributed by atoms with Crippen molar-refractivity contribution in [2.75, 3.05) is 32.6 Å². The van der Waals surface area contributed by atoms with Crippen LogP contribution in [0.5, 0.6) is 0 Å². The van der Waals surface area contributed by atoms with Crippen molar-refractivity contribution in [1.82, 2.24) is 25.3 Å². The highest BCUT2D eigenvalue weighted by atomic mass is 16.5. The average molecular weight is 712 g/mol. The fraction of sp³-hybridized carbons (Fsp3) is 0.487. The summed E-state index contributed by atoms with van der Waals surface area (Å²) in [6.07, 6.45) is 4.33. The normalized spacial score (nSPS) is 20.4. The van der Waals surface area contributed by atoms with Gasteiger partial charge in [0.15, 0.2) is 5.82 Å². The maximum Gasteiger partial charge on any atom is 0.407 e. The number of aromatic amines is 1. The highest BCUT2D eigenvalue weighted by molar-refractivity contribution is 6.05. The zero-order valence-electron chi connectivity index (χ0n) is 30.8. The van der Waals surface area contributed by atoms with Crippen LogP contribution in [-0.4, -0.2) is 101 Å². The van der Waals surface area contributed by atoms with Crippen LogP contribution in [0.2, 0.25) is 0 Å². The van der Waals surface area contributed by atoms with E-state index in [0.717, 1.165) is 64.7 Å². The van der Waals surface area contributed by atoms with Gasteiger partial charge in [0.05, 0.1) is 24.8 Å². The van der Waals surface area contributed by atoms with Gasteiger partial charge in [-0.3, -0.25) is 24.5 Å². The van der Waals surface area contributed by atoms with E-state index < -0.39 is 30.2 Å². The van der Waals surface area contributed by atoms with E-state index in [1.165, 1.54) is 19.1 Å². The molecule has 1 aromatic heterocycles. The van der Waals surface area contributed by atoms with Gasteiger partial charge in [-0.25, -0.2) is 4.79 Å². The number of ether oxygens (including phenoxy) is 2. The van der Waals surface area contributed by atoms with Crippen molar-refractivity contribution in [1.29, 1.82) is 0 Å². The molecule has 2 fully saturated rings. The number of allylic oxidation sites excluding steroid dienone is 1. The Morgan fingerprint density at radius 3 is 2.29 bits per heavy atom. The minimum Gasteiger partial charge on any atom is -0.453 e. The molecule has 6 rings (SSSR count). The van der Waals surface area contributed by atoms with Gasteiger partial charge in [-0.1, -0.05) is 51.1 Å². The number of anilines is 1. The van der Waals surface area contributed by atoms with Crippen LogP contribution in [0, 0.1) is 11.8 Å². The molecule has 52 heavy (non-hydrogen) atoms. The van der Waals surface area contributed by atoms with Crippen LogP contribution in [-0.2, 0) is 23.9 Å².